The van der Waals surface area contributed by atoms with Crippen LogP contribution in [0, 0.1) is 0 Å². The van der Waals surface area contributed by atoms with E-state index < -0.39 is 24.2 Å². The molecule has 0 aliphatic heterocycles. The molecule has 2 nitrogen and oxygen atoms in total. The maximum absolute atomic E-state index is 12.1. The zero-order chi connectivity index (χ0) is 14.1. The van der Waals surface area contributed by atoms with Crippen LogP contribution in [0.15, 0.2) is 24.3 Å². The third-order valence-corrected chi connectivity index (χ3v) is 2.24. The molecule has 1 unspecified atom stereocenters. The number of aliphatic carboxylic acids is 1. The molecule has 0 heterocycles. The highest BCUT2D eigenvalue weighted by Crippen LogP contribution is 2.38. The highest BCUT2D eigenvalue weighted by molar-refractivity contribution is 5.79. The number of carbonyl (C=O) groups is 1. The van der Waals surface area contributed by atoms with Gasteiger partial charge in [-0.15, -0.1) is 0 Å². The summed E-state index contributed by atoms with van der Waals surface area (Å²) < 4.78 is 68.9. The van der Waals surface area contributed by atoms with Crippen molar-refractivity contribution in [1.29, 1.82) is 0 Å². The monoisotopic (exact) mass is 272 g/mol. The SMILES string of the molecule is O=C(O)C(F)(C(F)F)C(F)(F)F.c1cc2ccc1-2. The molecule has 18 heavy (non-hydrogen) atoms. The quantitative estimate of drug-likeness (QED) is 0.852. The molecule has 0 saturated carbocycles. The lowest BCUT2D eigenvalue weighted by Gasteiger charge is -2.21. The molecule has 0 aromatic heterocycles. The number of halogens is 6. The Morgan fingerprint density at radius 3 is 1.33 bits per heavy atom. The normalized spacial score (nSPS) is 15.5. The minimum atomic E-state index is -6.12. The van der Waals surface area contributed by atoms with Crippen LogP contribution in [0.25, 0.3) is 11.1 Å². The number of alkyl halides is 6. The maximum Gasteiger partial charge on any atom is 0.439 e. The van der Waals surface area contributed by atoms with Gasteiger partial charge in [0.05, 0.1) is 0 Å². The zero-order valence-corrected chi connectivity index (χ0v) is 8.51. The summed E-state index contributed by atoms with van der Waals surface area (Å²) in [5.74, 6) is -3.25. The fourth-order valence-electron chi connectivity index (χ4n) is 1.00. The molecule has 1 N–H and O–H groups in total. The van der Waals surface area contributed by atoms with E-state index in [0.717, 1.165) is 0 Å². The second-order valence-corrected chi connectivity index (χ2v) is 3.39. The van der Waals surface area contributed by atoms with Crippen LogP contribution in [0.1, 0.15) is 0 Å². The number of fused-ring (bicyclic) bond motifs is 1. The molecule has 8 heteroatoms. The van der Waals surface area contributed by atoms with E-state index in [1.54, 1.807) is 0 Å². The number of benzene rings is 1. The van der Waals surface area contributed by atoms with Crippen molar-refractivity contribution in [2.75, 3.05) is 0 Å². The van der Waals surface area contributed by atoms with Gasteiger partial charge in [0.15, 0.2) is 0 Å². The molecule has 2 aliphatic carbocycles. The van der Waals surface area contributed by atoms with Crippen LogP contribution in [0.2, 0.25) is 0 Å². The maximum atomic E-state index is 12.1. The first kappa shape index (κ1) is 14.3. The van der Waals surface area contributed by atoms with Crippen molar-refractivity contribution in [1.82, 2.24) is 0 Å². The van der Waals surface area contributed by atoms with Crippen molar-refractivity contribution in [2.24, 2.45) is 0 Å². The van der Waals surface area contributed by atoms with Crippen molar-refractivity contribution in [2.45, 2.75) is 18.3 Å². The fraction of sp³-hybridized carbons (Fsp3) is 0.300. The third-order valence-electron chi connectivity index (χ3n) is 2.24. The summed E-state index contributed by atoms with van der Waals surface area (Å²) in [6.45, 7) is 0. The van der Waals surface area contributed by atoms with E-state index in [0.29, 0.717) is 0 Å². The minimum absolute atomic E-state index is 1.43. The summed E-state index contributed by atoms with van der Waals surface area (Å²) in [5, 5.41) is 7.56. The molecule has 100 valence electrons. The van der Waals surface area contributed by atoms with Crippen LogP contribution < -0.4 is 0 Å². The minimum Gasteiger partial charge on any atom is -0.478 e. The van der Waals surface area contributed by atoms with E-state index in [1.165, 1.54) is 11.1 Å². The second-order valence-electron chi connectivity index (χ2n) is 3.39. The summed E-state index contributed by atoms with van der Waals surface area (Å²) in [5.41, 5.74) is -2.63. The van der Waals surface area contributed by atoms with Crippen molar-refractivity contribution < 1.29 is 36.2 Å². The number of rotatable bonds is 2. The Kier molecular flexibility index (Phi) is 3.59. The van der Waals surface area contributed by atoms with Crippen molar-refractivity contribution in [3.8, 4) is 11.1 Å². The Morgan fingerprint density at radius 2 is 1.33 bits per heavy atom. The lowest BCUT2D eigenvalue weighted by Crippen LogP contribution is -2.53. The predicted molar refractivity (Wildman–Crippen MR) is 49.0 cm³/mol. The van der Waals surface area contributed by atoms with Gasteiger partial charge >= 0.3 is 17.8 Å². The van der Waals surface area contributed by atoms with Crippen LogP contribution >= 0.6 is 0 Å². The average Bonchev–Trinajstić information content (AvgIpc) is 2.20. The number of carboxylic acid groups (broad SMARTS) is 1. The Labute approximate surface area is 96.8 Å². The summed E-state index contributed by atoms with van der Waals surface area (Å²) in [6, 6.07) is 8.48. The molecular weight excluding hydrogens is 266 g/mol. The van der Waals surface area contributed by atoms with Gasteiger partial charge in [-0.3, -0.25) is 0 Å². The smallest absolute Gasteiger partial charge is 0.439 e. The third kappa shape index (κ3) is 2.27. The van der Waals surface area contributed by atoms with Crippen LogP contribution in [-0.4, -0.2) is 29.3 Å². The van der Waals surface area contributed by atoms with E-state index in [2.05, 4.69) is 24.3 Å². The van der Waals surface area contributed by atoms with Crippen LogP contribution in [0.5, 0.6) is 0 Å². The van der Waals surface area contributed by atoms with Crippen LogP contribution in [0.3, 0.4) is 0 Å². The molecule has 0 saturated heterocycles. The van der Waals surface area contributed by atoms with Gasteiger partial charge in [0.2, 0.25) is 0 Å². The van der Waals surface area contributed by atoms with E-state index in [9.17, 15) is 31.1 Å². The summed E-state index contributed by atoms with van der Waals surface area (Å²) in [4.78, 5) is 9.53. The van der Waals surface area contributed by atoms with E-state index >= 15 is 0 Å². The van der Waals surface area contributed by atoms with Gasteiger partial charge in [0.1, 0.15) is 0 Å². The highest BCUT2D eigenvalue weighted by atomic mass is 19.4. The molecule has 0 radical (unpaired) electrons. The first-order valence-electron chi connectivity index (χ1n) is 4.48. The van der Waals surface area contributed by atoms with E-state index in [-0.39, 0.29) is 0 Å². The summed E-state index contributed by atoms with van der Waals surface area (Å²) in [7, 11) is 0. The summed E-state index contributed by atoms with van der Waals surface area (Å²) in [6.07, 6.45) is -10.8. The fourth-order valence-corrected chi connectivity index (χ4v) is 1.00. The molecule has 2 aliphatic rings. The Morgan fingerprint density at radius 1 is 1.00 bits per heavy atom. The van der Waals surface area contributed by atoms with Gasteiger partial charge in [-0.05, 0) is 11.1 Å². The predicted octanol–water partition coefficient (Wildman–Crippen LogP) is 3.27. The zero-order valence-electron chi connectivity index (χ0n) is 8.51. The molecule has 0 fully saturated rings. The topological polar surface area (TPSA) is 37.3 Å². The molecule has 0 amide bonds. The first-order valence-corrected chi connectivity index (χ1v) is 4.48. The lowest BCUT2D eigenvalue weighted by molar-refractivity contribution is -0.265. The second kappa shape index (κ2) is 4.51. The van der Waals surface area contributed by atoms with Gasteiger partial charge in [-0.25, -0.2) is 18.0 Å². The molecule has 0 spiro atoms. The standard InChI is InChI=1S/C6H4.C4H2F6O2/c1-2-6-4-3-5(1)6;5-1(6)3(7,2(11)12)4(8,9)10/h1-4H;1H,(H,11,12). The van der Waals surface area contributed by atoms with Crippen molar-refractivity contribution in [3.05, 3.63) is 24.3 Å². The van der Waals surface area contributed by atoms with Gasteiger partial charge in [0, 0.05) is 0 Å². The molecular formula is C10H6F6O2. The number of hydrogen-bond donors (Lipinski definition) is 1. The lowest BCUT2D eigenvalue weighted by atomic mass is 9.95. The average molecular weight is 272 g/mol. The van der Waals surface area contributed by atoms with Crippen LogP contribution in [0.4, 0.5) is 26.3 Å². The Hall–Kier alpha value is -1.73. The van der Waals surface area contributed by atoms with Gasteiger partial charge in [-0.1, -0.05) is 24.3 Å². The van der Waals surface area contributed by atoms with E-state index in [4.69, 9.17) is 5.11 Å². The van der Waals surface area contributed by atoms with Crippen molar-refractivity contribution in [3.63, 3.8) is 0 Å². The summed E-state index contributed by atoms with van der Waals surface area (Å²) >= 11 is 0. The molecule has 2 rings (SSSR count). The molecule has 1 atom stereocenters. The number of carboxylic acids is 1. The van der Waals surface area contributed by atoms with E-state index in [1.807, 2.05) is 0 Å². The Bertz CT molecular complexity index is 418. The molecule has 0 bridgehead atoms. The number of hydrogen-bond acceptors (Lipinski definition) is 1. The van der Waals surface area contributed by atoms with Gasteiger partial charge in [-0.2, -0.15) is 13.2 Å². The Balaban J connectivity index is 0.000000217. The van der Waals surface area contributed by atoms with Gasteiger partial charge < -0.3 is 5.11 Å². The van der Waals surface area contributed by atoms with Gasteiger partial charge in [0.25, 0.3) is 6.43 Å². The molecule has 0 aromatic rings. The molecule has 0 aromatic carbocycles. The van der Waals surface area contributed by atoms with Crippen molar-refractivity contribution >= 4 is 5.97 Å². The first-order chi connectivity index (χ1) is 8.10. The van der Waals surface area contributed by atoms with Crippen LogP contribution in [-0.2, 0) is 4.79 Å². The highest BCUT2D eigenvalue weighted by Gasteiger charge is 2.69. The largest absolute Gasteiger partial charge is 0.478 e.